The van der Waals surface area contributed by atoms with Gasteiger partial charge in [-0.05, 0) is 35.7 Å². The van der Waals surface area contributed by atoms with Crippen LogP contribution in [0.15, 0.2) is 72.8 Å². The number of nitrogens with one attached hydrogen (secondary N) is 1. The van der Waals surface area contributed by atoms with Crippen LogP contribution in [0.5, 0.6) is 11.5 Å². The first kappa shape index (κ1) is 24.1. The SMILES string of the molecule is COc1ccc(N(CC(=O)NC(c2ccccc2)c2ccccc2C)S(C)(=O)=O)c(OC)c1. The third kappa shape index (κ3) is 5.84. The zero-order valence-electron chi connectivity index (χ0n) is 19.1. The second-order valence-corrected chi connectivity index (χ2v) is 9.48. The Bertz CT molecular complexity index is 1210. The molecule has 1 atom stereocenters. The van der Waals surface area contributed by atoms with E-state index < -0.39 is 28.5 Å². The van der Waals surface area contributed by atoms with Crippen molar-refractivity contribution in [3.05, 3.63) is 89.5 Å². The van der Waals surface area contributed by atoms with Gasteiger partial charge in [-0.25, -0.2) is 8.42 Å². The summed E-state index contributed by atoms with van der Waals surface area (Å²) in [6, 6.07) is 21.7. The molecule has 3 rings (SSSR count). The average molecular weight is 469 g/mol. The molecule has 8 heteroatoms. The zero-order chi connectivity index (χ0) is 24.0. The molecule has 0 spiro atoms. The maximum atomic E-state index is 13.2. The fourth-order valence-electron chi connectivity index (χ4n) is 3.61. The number of rotatable bonds is 9. The Morgan fingerprint density at radius 2 is 1.64 bits per heavy atom. The van der Waals surface area contributed by atoms with Crippen LogP contribution in [0.2, 0.25) is 0 Å². The van der Waals surface area contributed by atoms with Gasteiger partial charge in [0.25, 0.3) is 0 Å². The molecule has 33 heavy (non-hydrogen) atoms. The maximum Gasteiger partial charge on any atom is 0.241 e. The lowest BCUT2D eigenvalue weighted by atomic mass is 9.95. The normalized spacial score (nSPS) is 12.0. The van der Waals surface area contributed by atoms with Gasteiger partial charge >= 0.3 is 0 Å². The lowest BCUT2D eigenvalue weighted by molar-refractivity contribution is -0.120. The van der Waals surface area contributed by atoms with Gasteiger partial charge in [-0.15, -0.1) is 0 Å². The molecule has 3 aromatic rings. The van der Waals surface area contributed by atoms with Gasteiger partial charge in [0, 0.05) is 6.07 Å². The van der Waals surface area contributed by atoms with Gasteiger partial charge in [0.05, 0.1) is 32.2 Å². The van der Waals surface area contributed by atoms with E-state index in [2.05, 4.69) is 5.32 Å². The molecule has 0 saturated carbocycles. The molecule has 0 bridgehead atoms. The van der Waals surface area contributed by atoms with Crippen LogP contribution in [-0.2, 0) is 14.8 Å². The molecule has 0 fully saturated rings. The van der Waals surface area contributed by atoms with Gasteiger partial charge < -0.3 is 14.8 Å². The highest BCUT2D eigenvalue weighted by molar-refractivity contribution is 7.92. The van der Waals surface area contributed by atoms with Gasteiger partial charge in [0.1, 0.15) is 18.0 Å². The van der Waals surface area contributed by atoms with Crippen LogP contribution in [0.25, 0.3) is 0 Å². The zero-order valence-corrected chi connectivity index (χ0v) is 19.9. The van der Waals surface area contributed by atoms with E-state index in [0.717, 1.165) is 27.3 Å². The number of benzene rings is 3. The Morgan fingerprint density at radius 1 is 0.970 bits per heavy atom. The van der Waals surface area contributed by atoms with Crippen molar-refractivity contribution >= 4 is 21.6 Å². The summed E-state index contributed by atoms with van der Waals surface area (Å²) < 4.78 is 36.8. The van der Waals surface area contributed by atoms with Crippen LogP contribution in [0, 0.1) is 6.92 Å². The lowest BCUT2D eigenvalue weighted by Gasteiger charge is -2.26. The number of carbonyl (C=O) groups is 1. The topological polar surface area (TPSA) is 84.9 Å². The number of hydrogen-bond acceptors (Lipinski definition) is 5. The predicted molar refractivity (Wildman–Crippen MR) is 129 cm³/mol. The highest BCUT2D eigenvalue weighted by Gasteiger charge is 2.26. The van der Waals surface area contributed by atoms with Gasteiger partial charge in [0.2, 0.25) is 15.9 Å². The summed E-state index contributed by atoms with van der Waals surface area (Å²) in [6.07, 6.45) is 1.06. The Balaban J connectivity index is 1.94. The van der Waals surface area contributed by atoms with E-state index in [1.807, 2.05) is 61.5 Å². The molecule has 7 nitrogen and oxygen atoms in total. The van der Waals surface area contributed by atoms with Crippen molar-refractivity contribution in [2.45, 2.75) is 13.0 Å². The van der Waals surface area contributed by atoms with E-state index >= 15 is 0 Å². The number of methoxy groups -OCH3 is 2. The second kappa shape index (κ2) is 10.4. The third-order valence-corrected chi connectivity index (χ3v) is 6.41. The number of aryl methyl sites for hydroxylation is 1. The monoisotopic (exact) mass is 468 g/mol. The van der Waals surface area contributed by atoms with Crippen molar-refractivity contribution in [1.29, 1.82) is 0 Å². The summed E-state index contributed by atoms with van der Waals surface area (Å²) in [7, 11) is -0.848. The molecular weight excluding hydrogens is 440 g/mol. The van der Waals surface area contributed by atoms with Gasteiger partial charge in [-0.3, -0.25) is 9.10 Å². The van der Waals surface area contributed by atoms with E-state index in [0.29, 0.717) is 5.75 Å². The van der Waals surface area contributed by atoms with Crippen molar-refractivity contribution in [2.24, 2.45) is 0 Å². The molecule has 1 amide bonds. The van der Waals surface area contributed by atoms with Crippen molar-refractivity contribution in [3.8, 4) is 11.5 Å². The quantitative estimate of drug-likeness (QED) is 0.518. The van der Waals surface area contributed by atoms with Crippen LogP contribution in [0.1, 0.15) is 22.7 Å². The van der Waals surface area contributed by atoms with Gasteiger partial charge in [-0.1, -0.05) is 54.6 Å². The summed E-state index contributed by atoms with van der Waals surface area (Å²) in [4.78, 5) is 13.2. The van der Waals surface area contributed by atoms with E-state index in [4.69, 9.17) is 9.47 Å². The van der Waals surface area contributed by atoms with Crippen LogP contribution in [0.3, 0.4) is 0 Å². The summed E-state index contributed by atoms with van der Waals surface area (Å²) in [5.74, 6) is 0.346. The van der Waals surface area contributed by atoms with Crippen LogP contribution in [0.4, 0.5) is 5.69 Å². The summed E-state index contributed by atoms with van der Waals surface area (Å²) in [5.41, 5.74) is 3.10. The number of hydrogen-bond donors (Lipinski definition) is 1. The smallest absolute Gasteiger partial charge is 0.241 e. The van der Waals surface area contributed by atoms with Gasteiger partial charge in [-0.2, -0.15) is 0 Å². The van der Waals surface area contributed by atoms with E-state index in [-0.39, 0.29) is 11.4 Å². The van der Waals surface area contributed by atoms with Crippen molar-refractivity contribution in [2.75, 3.05) is 31.3 Å². The molecule has 0 aliphatic rings. The number of amides is 1. The summed E-state index contributed by atoms with van der Waals surface area (Å²) in [5, 5.41) is 3.01. The standard InChI is InChI=1S/C25H28N2O5S/c1-18-10-8-9-13-21(18)25(19-11-6-5-7-12-19)26-24(28)17-27(33(4,29)30)22-15-14-20(31-2)16-23(22)32-3/h5-16,25H,17H2,1-4H3,(H,26,28). The van der Waals surface area contributed by atoms with E-state index in [1.165, 1.54) is 14.2 Å². The molecule has 0 aliphatic heterocycles. The first-order chi connectivity index (χ1) is 15.7. The molecule has 1 N–H and O–H groups in total. The maximum absolute atomic E-state index is 13.2. The minimum Gasteiger partial charge on any atom is -0.497 e. The minimum absolute atomic E-state index is 0.253. The summed E-state index contributed by atoms with van der Waals surface area (Å²) >= 11 is 0. The molecule has 0 aliphatic carbocycles. The molecule has 3 aromatic carbocycles. The summed E-state index contributed by atoms with van der Waals surface area (Å²) in [6.45, 7) is 1.57. The van der Waals surface area contributed by atoms with Crippen LogP contribution in [-0.4, -0.2) is 41.3 Å². The highest BCUT2D eigenvalue weighted by atomic mass is 32.2. The molecule has 1 unspecified atom stereocenters. The Morgan fingerprint density at radius 3 is 2.24 bits per heavy atom. The van der Waals surface area contributed by atoms with Crippen molar-refractivity contribution in [3.63, 3.8) is 0 Å². The van der Waals surface area contributed by atoms with Crippen LogP contribution < -0.4 is 19.1 Å². The Hall–Kier alpha value is -3.52. The van der Waals surface area contributed by atoms with Crippen molar-refractivity contribution < 1.29 is 22.7 Å². The van der Waals surface area contributed by atoms with Crippen LogP contribution >= 0.6 is 0 Å². The fraction of sp³-hybridized carbons (Fsp3) is 0.240. The Kier molecular flexibility index (Phi) is 7.60. The molecule has 0 aromatic heterocycles. The third-order valence-electron chi connectivity index (χ3n) is 5.28. The number of nitrogens with zero attached hydrogens (tertiary/aromatic N) is 1. The predicted octanol–water partition coefficient (Wildman–Crippen LogP) is 3.68. The number of carbonyl (C=O) groups excluding carboxylic acids is 1. The minimum atomic E-state index is -3.79. The first-order valence-electron chi connectivity index (χ1n) is 10.3. The molecule has 0 radical (unpaired) electrons. The van der Waals surface area contributed by atoms with Crippen molar-refractivity contribution in [1.82, 2.24) is 5.32 Å². The molecule has 174 valence electrons. The van der Waals surface area contributed by atoms with E-state index in [1.54, 1.807) is 18.2 Å². The lowest BCUT2D eigenvalue weighted by Crippen LogP contribution is -2.42. The fourth-order valence-corrected chi connectivity index (χ4v) is 4.47. The molecule has 0 heterocycles. The first-order valence-corrected chi connectivity index (χ1v) is 12.2. The number of anilines is 1. The van der Waals surface area contributed by atoms with Gasteiger partial charge in [0.15, 0.2) is 0 Å². The molecule has 0 saturated heterocycles. The second-order valence-electron chi connectivity index (χ2n) is 7.58. The number of ether oxygens (including phenoxy) is 2. The number of sulfonamides is 1. The molecular formula is C25H28N2O5S. The Labute approximate surface area is 195 Å². The highest BCUT2D eigenvalue weighted by Crippen LogP contribution is 2.33. The largest absolute Gasteiger partial charge is 0.497 e. The average Bonchev–Trinajstić information content (AvgIpc) is 2.81. The van der Waals surface area contributed by atoms with E-state index in [9.17, 15) is 13.2 Å².